The highest BCUT2D eigenvalue weighted by Gasteiger charge is 2.55. The maximum atomic E-state index is 12.0. The fourth-order valence-electron chi connectivity index (χ4n) is 2.84. The SMILES string of the molecule is CC1(C)O[C@H]2O[C@@H]([C@H](O)CNC(=O)c3ccccc3)[C@@H](O)[C@H]2O1. The molecule has 0 radical (unpaired) electrons. The van der Waals surface area contributed by atoms with E-state index in [2.05, 4.69) is 5.32 Å². The molecule has 0 saturated carbocycles. The Bertz CT molecular complexity index is 563. The first-order chi connectivity index (χ1) is 10.9. The Hall–Kier alpha value is -1.51. The molecule has 0 spiro atoms. The topological polar surface area (TPSA) is 97.2 Å². The highest BCUT2D eigenvalue weighted by Crippen LogP contribution is 2.38. The molecule has 2 aliphatic heterocycles. The largest absolute Gasteiger partial charge is 0.388 e. The van der Waals surface area contributed by atoms with Crippen molar-refractivity contribution in [3.63, 3.8) is 0 Å². The summed E-state index contributed by atoms with van der Waals surface area (Å²) >= 11 is 0. The summed E-state index contributed by atoms with van der Waals surface area (Å²) in [7, 11) is 0. The van der Waals surface area contributed by atoms with E-state index < -0.39 is 36.5 Å². The van der Waals surface area contributed by atoms with E-state index in [1.165, 1.54) is 0 Å². The molecule has 2 heterocycles. The molecule has 2 aliphatic rings. The van der Waals surface area contributed by atoms with Gasteiger partial charge in [-0.15, -0.1) is 0 Å². The average Bonchev–Trinajstić information content (AvgIpc) is 2.99. The molecule has 1 aromatic rings. The van der Waals surface area contributed by atoms with Gasteiger partial charge in [-0.25, -0.2) is 0 Å². The Kier molecular flexibility index (Phi) is 4.39. The zero-order valence-electron chi connectivity index (χ0n) is 13.0. The number of aliphatic hydroxyl groups excluding tert-OH is 2. The van der Waals surface area contributed by atoms with Gasteiger partial charge in [0.15, 0.2) is 12.1 Å². The van der Waals surface area contributed by atoms with Gasteiger partial charge in [0.2, 0.25) is 0 Å². The van der Waals surface area contributed by atoms with E-state index >= 15 is 0 Å². The van der Waals surface area contributed by atoms with Gasteiger partial charge >= 0.3 is 0 Å². The van der Waals surface area contributed by atoms with Gasteiger partial charge < -0.3 is 29.7 Å². The quantitative estimate of drug-likeness (QED) is 0.722. The minimum atomic E-state index is -1.07. The van der Waals surface area contributed by atoms with Crippen molar-refractivity contribution in [3.05, 3.63) is 35.9 Å². The first-order valence-electron chi connectivity index (χ1n) is 7.58. The van der Waals surface area contributed by atoms with Crippen molar-refractivity contribution in [2.75, 3.05) is 6.54 Å². The summed E-state index contributed by atoms with van der Waals surface area (Å²) in [4.78, 5) is 12.0. The Morgan fingerprint density at radius 2 is 2.00 bits per heavy atom. The first kappa shape index (κ1) is 16.4. The molecule has 1 aromatic carbocycles. The van der Waals surface area contributed by atoms with Crippen LogP contribution in [0.15, 0.2) is 30.3 Å². The van der Waals surface area contributed by atoms with E-state index in [0.717, 1.165) is 0 Å². The van der Waals surface area contributed by atoms with Gasteiger partial charge in [0, 0.05) is 12.1 Å². The van der Waals surface area contributed by atoms with Gasteiger partial charge in [-0.05, 0) is 26.0 Å². The van der Waals surface area contributed by atoms with Crippen molar-refractivity contribution in [2.24, 2.45) is 0 Å². The number of benzene rings is 1. The number of carbonyl (C=O) groups is 1. The molecule has 7 heteroatoms. The van der Waals surface area contributed by atoms with Crippen LogP contribution in [0.5, 0.6) is 0 Å². The number of aliphatic hydroxyl groups is 2. The minimum Gasteiger partial charge on any atom is -0.388 e. The second-order valence-electron chi connectivity index (χ2n) is 6.20. The van der Waals surface area contributed by atoms with Crippen LogP contribution in [0.3, 0.4) is 0 Å². The molecular weight excluding hydrogens is 302 g/mol. The fraction of sp³-hybridized carbons (Fsp3) is 0.562. The van der Waals surface area contributed by atoms with Crippen molar-refractivity contribution in [3.8, 4) is 0 Å². The molecule has 0 unspecified atom stereocenters. The first-order valence-corrected chi connectivity index (χ1v) is 7.58. The summed E-state index contributed by atoms with van der Waals surface area (Å²) in [6.45, 7) is 3.41. The third kappa shape index (κ3) is 3.39. The van der Waals surface area contributed by atoms with Crippen molar-refractivity contribution in [2.45, 2.75) is 50.3 Å². The smallest absolute Gasteiger partial charge is 0.251 e. The van der Waals surface area contributed by atoms with E-state index in [-0.39, 0.29) is 12.5 Å². The summed E-state index contributed by atoms with van der Waals surface area (Å²) in [5.41, 5.74) is 0.498. The number of hydrogen-bond donors (Lipinski definition) is 3. The number of fused-ring (bicyclic) bond motifs is 1. The van der Waals surface area contributed by atoms with Crippen molar-refractivity contribution in [1.29, 1.82) is 0 Å². The predicted molar refractivity (Wildman–Crippen MR) is 79.5 cm³/mol. The van der Waals surface area contributed by atoms with Crippen LogP contribution in [-0.2, 0) is 14.2 Å². The van der Waals surface area contributed by atoms with Crippen LogP contribution in [0, 0.1) is 0 Å². The van der Waals surface area contributed by atoms with E-state index in [9.17, 15) is 15.0 Å². The predicted octanol–water partition coefficient (Wildman–Crippen LogP) is 0.0146. The summed E-state index contributed by atoms with van der Waals surface area (Å²) in [5, 5.41) is 23.0. The lowest BCUT2D eigenvalue weighted by Gasteiger charge is -2.26. The number of amides is 1. The molecule has 2 saturated heterocycles. The second-order valence-corrected chi connectivity index (χ2v) is 6.20. The highest BCUT2D eigenvalue weighted by molar-refractivity contribution is 5.94. The van der Waals surface area contributed by atoms with E-state index in [1.54, 1.807) is 38.1 Å². The molecule has 0 aromatic heterocycles. The van der Waals surface area contributed by atoms with E-state index in [0.29, 0.717) is 5.56 Å². The Labute approximate surface area is 134 Å². The monoisotopic (exact) mass is 323 g/mol. The second kappa shape index (κ2) is 6.18. The van der Waals surface area contributed by atoms with Crippen LogP contribution in [0.25, 0.3) is 0 Å². The number of ether oxygens (including phenoxy) is 3. The molecule has 0 bridgehead atoms. The summed E-state index contributed by atoms with van der Waals surface area (Å²) in [6.07, 6.45) is -4.33. The third-order valence-corrected chi connectivity index (χ3v) is 3.94. The van der Waals surface area contributed by atoms with Gasteiger partial charge in [-0.3, -0.25) is 4.79 Å². The molecule has 0 aliphatic carbocycles. The van der Waals surface area contributed by atoms with Crippen LogP contribution in [0.4, 0.5) is 0 Å². The van der Waals surface area contributed by atoms with Gasteiger partial charge in [-0.1, -0.05) is 18.2 Å². The van der Waals surface area contributed by atoms with Crippen molar-refractivity contribution < 1.29 is 29.2 Å². The standard InChI is InChI=1S/C16H21NO6/c1-16(2)22-13-11(19)12(21-15(13)23-16)10(18)8-17-14(20)9-6-4-3-5-7-9/h3-7,10-13,15,18-19H,8H2,1-2H3,(H,17,20)/t10-,11-,12+,13-,15-/m1/s1. The van der Waals surface area contributed by atoms with E-state index in [4.69, 9.17) is 14.2 Å². The number of hydrogen-bond acceptors (Lipinski definition) is 6. The van der Waals surface area contributed by atoms with E-state index in [1.807, 2.05) is 6.07 Å². The lowest BCUT2D eigenvalue weighted by Crippen LogP contribution is -2.46. The van der Waals surface area contributed by atoms with Crippen LogP contribution < -0.4 is 5.32 Å². The molecule has 5 atom stereocenters. The molecule has 3 rings (SSSR count). The molecular formula is C16H21NO6. The summed E-state index contributed by atoms with van der Waals surface area (Å²) in [5.74, 6) is -1.13. The molecule has 7 nitrogen and oxygen atoms in total. The maximum absolute atomic E-state index is 12.0. The van der Waals surface area contributed by atoms with Crippen molar-refractivity contribution >= 4 is 5.91 Å². The molecule has 3 N–H and O–H groups in total. The Balaban J connectivity index is 1.54. The number of nitrogens with one attached hydrogen (secondary N) is 1. The van der Waals surface area contributed by atoms with Gasteiger partial charge in [0.25, 0.3) is 5.91 Å². The number of carbonyl (C=O) groups excluding carboxylic acids is 1. The lowest BCUT2D eigenvalue weighted by atomic mass is 10.1. The molecule has 126 valence electrons. The highest BCUT2D eigenvalue weighted by atomic mass is 16.8. The van der Waals surface area contributed by atoms with Gasteiger partial charge in [0.1, 0.15) is 24.4 Å². The Morgan fingerprint density at radius 3 is 2.65 bits per heavy atom. The maximum Gasteiger partial charge on any atom is 0.251 e. The Morgan fingerprint density at radius 1 is 1.30 bits per heavy atom. The van der Waals surface area contributed by atoms with Crippen LogP contribution in [0.1, 0.15) is 24.2 Å². The lowest BCUT2D eigenvalue weighted by molar-refractivity contribution is -0.225. The zero-order chi connectivity index (χ0) is 16.6. The van der Waals surface area contributed by atoms with Crippen LogP contribution in [-0.4, -0.2) is 59.2 Å². The average molecular weight is 323 g/mol. The molecule has 2 fully saturated rings. The molecule has 23 heavy (non-hydrogen) atoms. The van der Waals surface area contributed by atoms with Crippen LogP contribution >= 0.6 is 0 Å². The summed E-state index contributed by atoms with van der Waals surface area (Å²) < 4.78 is 16.6. The third-order valence-electron chi connectivity index (χ3n) is 3.94. The summed E-state index contributed by atoms with van der Waals surface area (Å²) in [6, 6.07) is 8.68. The van der Waals surface area contributed by atoms with Gasteiger partial charge in [-0.2, -0.15) is 0 Å². The normalized spacial score (nSPS) is 33.2. The van der Waals surface area contributed by atoms with Crippen LogP contribution in [0.2, 0.25) is 0 Å². The fourth-order valence-corrected chi connectivity index (χ4v) is 2.84. The number of rotatable bonds is 4. The molecule has 1 amide bonds. The van der Waals surface area contributed by atoms with Gasteiger partial charge in [0.05, 0.1) is 0 Å². The zero-order valence-corrected chi connectivity index (χ0v) is 13.0. The minimum absolute atomic E-state index is 0.0434. The van der Waals surface area contributed by atoms with Crippen molar-refractivity contribution in [1.82, 2.24) is 5.32 Å².